The minimum Gasteiger partial charge on any atom is -0.299 e. The van der Waals surface area contributed by atoms with E-state index in [1.54, 1.807) is 0 Å². The molecule has 0 bridgehead atoms. The molecule has 0 N–H and O–H groups in total. The van der Waals surface area contributed by atoms with Crippen molar-refractivity contribution in [3.63, 3.8) is 0 Å². The van der Waals surface area contributed by atoms with E-state index in [2.05, 4.69) is 6.08 Å². The minimum absolute atomic E-state index is 0.812. The molecule has 1 aliphatic carbocycles. The Labute approximate surface area is 61.4 Å². The van der Waals surface area contributed by atoms with Gasteiger partial charge < -0.3 is 0 Å². The molecule has 1 fully saturated rings. The molecular formula is C9H12O. The van der Waals surface area contributed by atoms with E-state index in [1.807, 2.05) is 6.08 Å². The van der Waals surface area contributed by atoms with E-state index in [1.165, 1.54) is 37.3 Å². The number of carbonyl (C=O) groups is 1. The van der Waals surface area contributed by atoms with Gasteiger partial charge >= 0.3 is 0 Å². The molecule has 1 aliphatic rings. The van der Waals surface area contributed by atoms with Gasteiger partial charge in [-0.3, -0.25) is 4.79 Å². The quantitative estimate of drug-likeness (QED) is 0.420. The van der Waals surface area contributed by atoms with Crippen LogP contribution in [0.2, 0.25) is 0 Å². The molecule has 0 aliphatic heterocycles. The van der Waals surface area contributed by atoms with Gasteiger partial charge in [-0.15, -0.1) is 0 Å². The largest absolute Gasteiger partial charge is 0.299 e. The standard InChI is InChI=1S/C9H12O/c10-8-4-3-7-9-5-1-2-6-9/h3-4,7-8H,1-2,5-6H2/b4-3+. The second-order valence-corrected chi connectivity index (χ2v) is 2.55. The fourth-order valence-electron chi connectivity index (χ4n) is 1.23. The highest BCUT2D eigenvalue weighted by Gasteiger charge is 2.03. The number of carbonyl (C=O) groups excluding carboxylic acids is 1. The highest BCUT2D eigenvalue weighted by molar-refractivity contribution is 5.65. The Bertz CT molecular complexity index is 158. The van der Waals surface area contributed by atoms with Crippen molar-refractivity contribution in [3.05, 3.63) is 23.8 Å². The average Bonchev–Trinajstić information content (AvgIpc) is 2.41. The number of aldehydes is 1. The van der Waals surface area contributed by atoms with Crippen molar-refractivity contribution in [1.82, 2.24) is 0 Å². The van der Waals surface area contributed by atoms with Gasteiger partial charge in [0.2, 0.25) is 0 Å². The lowest BCUT2D eigenvalue weighted by Crippen LogP contribution is -1.68. The normalized spacial score (nSPS) is 18.2. The molecule has 0 unspecified atom stereocenters. The maximum Gasteiger partial charge on any atom is 0.142 e. The Morgan fingerprint density at radius 1 is 1.10 bits per heavy atom. The van der Waals surface area contributed by atoms with E-state index in [9.17, 15) is 4.79 Å². The molecule has 1 saturated carbocycles. The molecule has 1 heteroatoms. The molecule has 0 aromatic rings. The third kappa shape index (κ3) is 2.18. The Hall–Kier alpha value is -0.850. The zero-order valence-electron chi connectivity index (χ0n) is 6.05. The van der Waals surface area contributed by atoms with Crippen LogP contribution < -0.4 is 0 Å². The SMILES string of the molecule is O=C/C=C/C=C1CCCC1. The van der Waals surface area contributed by atoms with Gasteiger partial charge in [0.05, 0.1) is 0 Å². The van der Waals surface area contributed by atoms with Gasteiger partial charge in [0.25, 0.3) is 0 Å². The molecule has 0 aromatic heterocycles. The topological polar surface area (TPSA) is 17.1 Å². The highest BCUT2D eigenvalue weighted by Crippen LogP contribution is 2.23. The monoisotopic (exact) mass is 136 g/mol. The van der Waals surface area contributed by atoms with E-state index in [4.69, 9.17) is 0 Å². The lowest BCUT2D eigenvalue weighted by atomic mass is 10.2. The summed E-state index contributed by atoms with van der Waals surface area (Å²) < 4.78 is 0. The van der Waals surface area contributed by atoms with Crippen LogP contribution >= 0.6 is 0 Å². The third-order valence-electron chi connectivity index (χ3n) is 1.77. The third-order valence-corrected chi connectivity index (χ3v) is 1.77. The zero-order chi connectivity index (χ0) is 7.23. The molecule has 0 aromatic carbocycles. The first kappa shape index (κ1) is 7.26. The van der Waals surface area contributed by atoms with Crippen LogP contribution in [0.1, 0.15) is 25.7 Å². The maximum atomic E-state index is 9.86. The van der Waals surface area contributed by atoms with Crippen molar-refractivity contribution in [2.75, 3.05) is 0 Å². The lowest BCUT2D eigenvalue weighted by Gasteiger charge is -1.87. The average molecular weight is 136 g/mol. The molecule has 54 valence electrons. The van der Waals surface area contributed by atoms with Gasteiger partial charge in [0, 0.05) is 0 Å². The molecule has 1 nitrogen and oxygen atoms in total. The Morgan fingerprint density at radius 3 is 2.40 bits per heavy atom. The molecule has 0 atom stereocenters. The second kappa shape index (κ2) is 4.04. The van der Waals surface area contributed by atoms with Crippen molar-refractivity contribution < 1.29 is 4.79 Å². The summed E-state index contributed by atoms with van der Waals surface area (Å²) in [6, 6.07) is 0. The Morgan fingerprint density at radius 2 is 1.80 bits per heavy atom. The number of hydrogen-bond acceptors (Lipinski definition) is 1. The fourth-order valence-corrected chi connectivity index (χ4v) is 1.23. The molecule has 0 heterocycles. The van der Waals surface area contributed by atoms with E-state index in [0.29, 0.717) is 0 Å². The Balaban J connectivity index is 2.37. The minimum atomic E-state index is 0.812. The summed E-state index contributed by atoms with van der Waals surface area (Å²) >= 11 is 0. The van der Waals surface area contributed by atoms with Crippen molar-refractivity contribution in [3.8, 4) is 0 Å². The van der Waals surface area contributed by atoms with Crippen molar-refractivity contribution in [2.45, 2.75) is 25.7 Å². The molecule has 0 saturated heterocycles. The predicted molar refractivity (Wildman–Crippen MR) is 41.8 cm³/mol. The molecule has 10 heavy (non-hydrogen) atoms. The summed E-state index contributed by atoms with van der Waals surface area (Å²) in [5.41, 5.74) is 1.48. The van der Waals surface area contributed by atoms with Crippen LogP contribution in [0.5, 0.6) is 0 Å². The first-order valence-electron chi connectivity index (χ1n) is 3.73. The van der Waals surface area contributed by atoms with Gasteiger partial charge in [-0.1, -0.05) is 17.7 Å². The zero-order valence-corrected chi connectivity index (χ0v) is 6.05. The molecule has 0 amide bonds. The summed E-state index contributed by atoms with van der Waals surface area (Å²) in [7, 11) is 0. The summed E-state index contributed by atoms with van der Waals surface area (Å²) in [6.07, 6.45) is 11.3. The molecule has 0 spiro atoms. The van der Waals surface area contributed by atoms with Crippen molar-refractivity contribution >= 4 is 6.29 Å². The van der Waals surface area contributed by atoms with Gasteiger partial charge in [-0.2, -0.15) is 0 Å². The van der Waals surface area contributed by atoms with E-state index >= 15 is 0 Å². The van der Waals surface area contributed by atoms with Gasteiger partial charge in [-0.25, -0.2) is 0 Å². The highest BCUT2D eigenvalue weighted by atomic mass is 16.1. The van der Waals surface area contributed by atoms with Crippen molar-refractivity contribution in [1.29, 1.82) is 0 Å². The predicted octanol–water partition coefficient (Wildman–Crippen LogP) is 2.24. The number of hydrogen-bond donors (Lipinski definition) is 0. The summed E-state index contributed by atoms with van der Waals surface area (Å²) in [4.78, 5) is 9.86. The van der Waals surface area contributed by atoms with Gasteiger partial charge in [0.1, 0.15) is 6.29 Å². The first-order chi connectivity index (χ1) is 4.93. The smallest absolute Gasteiger partial charge is 0.142 e. The van der Waals surface area contributed by atoms with E-state index < -0.39 is 0 Å². The summed E-state index contributed by atoms with van der Waals surface area (Å²) in [5.74, 6) is 0. The lowest BCUT2D eigenvalue weighted by molar-refractivity contribution is -0.104. The number of rotatable bonds is 2. The van der Waals surface area contributed by atoms with Gasteiger partial charge in [0.15, 0.2) is 0 Å². The number of allylic oxidation sites excluding steroid dienone is 4. The molecule has 1 rings (SSSR count). The van der Waals surface area contributed by atoms with E-state index in [0.717, 1.165) is 6.29 Å². The molecule has 0 radical (unpaired) electrons. The van der Waals surface area contributed by atoms with Gasteiger partial charge in [-0.05, 0) is 31.8 Å². The van der Waals surface area contributed by atoms with Crippen LogP contribution in [-0.4, -0.2) is 6.29 Å². The molecular weight excluding hydrogens is 124 g/mol. The van der Waals surface area contributed by atoms with Crippen molar-refractivity contribution in [2.24, 2.45) is 0 Å². The summed E-state index contributed by atoms with van der Waals surface area (Å²) in [6.45, 7) is 0. The Kier molecular flexibility index (Phi) is 2.94. The fraction of sp³-hybridized carbons (Fsp3) is 0.444. The second-order valence-electron chi connectivity index (χ2n) is 2.55. The van der Waals surface area contributed by atoms with Crippen LogP contribution in [-0.2, 0) is 4.79 Å². The summed E-state index contributed by atoms with van der Waals surface area (Å²) in [5, 5.41) is 0. The van der Waals surface area contributed by atoms with Crippen LogP contribution in [0.25, 0.3) is 0 Å². The van der Waals surface area contributed by atoms with E-state index in [-0.39, 0.29) is 0 Å². The first-order valence-corrected chi connectivity index (χ1v) is 3.73. The van der Waals surface area contributed by atoms with Crippen LogP contribution in [0.15, 0.2) is 23.8 Å². The maximum absolute atomic E-state index is 9.86. The van der Waals surface area contributed by atoms with Crippen LogP contribution in [0.4, 0.5) is 0 Å². The van der Waals surface area contributed by atoms with Crippen LogP contribution in [0.3, 0.4) is 0 Å². The van der Waals surface area contributed by atoms with Crippen LogP contribution in [0, 0.1) is 0 Å².